The molecule has 154 valence electrons. The molecule has 1 aromatic carbocycles. The van der Waals surface area contributed by atoms with Crippen molar-refractivity contribution in [2.24, 2.45) is 0 Å². The van der Waals surface area contributed by atoms with Crippen LogP contribution in [-0.2, 0) is 0 Å². The first-order chi connectivity index (χ1) is 13.6. The number of aromatic nitrogens is 3. The van der Waals surface area contributed by atoms with E-state index in [0.29, 0.717) is 17.2 Å². The lowest BCUT2D eigenvalue weighted by Crippen LogP contribution is -2.47. The van der Waals surface area contributed by atoms with E-state index in [1.54, 1.807) is 20.4 Å². The third kappa shape index (κ3) is 4.06. The molecule has 9 nitrogen and oxygen atoms in total. The SMILES string of the molecule is COc1cc2nc(N3CCN(c4ccnc(Cl)n4)CC3)cc(N)c2cc1OC.O. The summed E-state index contributed by atoms with van der Waals surface area (Å²) in [5.41, 5.74) is 7.74. The largest absolute Gasteiger partial charge is 0.493 e. The summed E-state index contributed by atoms with van der Waals surface area (Å²) >= 11 is 5.91. The van der Waals surface area contributed by atoms with E-state index in [1.807, 2.05) is 24.3 Å². The Morgan fingerprint density at radius 2 is 1.55 bits per heavy atom. The second-order valence-corrected chi connectivity index (χ2v) is 6.79. The van der Waals surface area contributed by atoms with Crippen molar-refractivity contribution >= 4 is 39.8 Å². The fourth-order valence-electron chi connectivity index (χ4n) is 3.39. The maximum atomic E-state index is 6.31. The molecule has 1 saturated heterocycles. The van der Waals surface area contributed by atoms with Gasteiger partial charge in [0.1, 0.15) is 11.6 Å². The molecule has 3 aromatic rings. The predicted octanol–water partition coefficient (Wildman–Crippen LogP) is 1.78. The first kappa shape index (κ1) is 20.7. The predicted molar refractivity (Wildman–Crippen MR) is 114 cm³/mol. The molecule has 4 rings (SSSR count). The third-order valence-electron chi connectivity index (χ3n) is 4.87. The average Bonchev–Trinajstić information content (AvgIpc) is 2.73. The number of benzene rings is 1. The fraction of sp³-hybridized carbons (Fsp3) is 0.316. The maximum absolute atomic E-state index is 6.31. The quantitative estimate of drug-likeness (QED) is 0.636. The standard InChI is InChI=1S/C19H21ClN6O2.H2O/c1-27-15-9-12-13(21)10-18(23-14(12)11-16(15)28-2)26-7-5-25(6-8-26)17-3-4-22-19(20)24-17;/h3-4,9-11H,5-8H2,1-2H3,(H2,21,23);1H2. The highest BCUT2D eigenvalue weighted by Gasteiger charge is 2.21. The lowest BCUT2D eigenvalue weighted by molar-refractivity contribution is 0.356. The number of methoxy groups -OCH3 is 2. The normalized spacial score (nSPS) is 13.9. The Balaban J connectivity index is 0.00000240. The monoisotopic (exact) mass is 418 g/mol. The van der Waals surface area contributed by atoms with Crippen molar-refractivity contribution in [3.8, 4) is 11.5 Å². The number of rotatable bonds is 4. The van der Waals surface area contributed by atoms with Crippen molar-refractivity contribution in [3.63, 3.8) is 0 Å². The Labute approximate surface area is 173 Å². The molecule has 4 N–H and O–H groups in total. The fourth-order valence-corrected chi connectivity index (χ4v) is 3.54. The highest BCUT2D eigenvalue weighted by Crippen LogP contribution is 2.35. The smallest absolute Gasteiger partial charge is 0.224 e. The molecule has 1 aliphatic rings. The molecule has 10 heteroatoms. The van der Waals surface area contributed by atoms with Gasteiger partial charge in [-0.2, -0.15) is 0 Å². The van der Waals surface area contributed by atoms with Crippen molar-refractivity contribution < 1.29 is 14.9 Å². The van der Waals surface area contributed by atoms with E-state index in [2.05, 4.69) is 19.8 Å². The van der Waals surface area contributed by atoms with Gasteiger partial charge in [0.15, 0.2) is 11.5 Å². The number of fused-ring (bicyclic) bond motifs is 1. The van der Waals surface area contributed by atoms with Gasteiger partial charge in [-0.3, -0.25) is 0 Å². The van der Waals surface area contributed by atoms with Gasteiger partial charge in [-0.15, -0.1) is 0 Å². The summed E-state index contributed by atoms with van der Waals surface area (Å²) in [5.74, 6) is 2.94. The van der Waals surface area contributed by atoms with Gasteiger partial charge < -0.3 is 30.5 Å². The molecular weight excluding hydrogens is 396 g/mol. The second kappa shape index (κ2) is 8.54. The van der Waals surface area contributed by atoms with Gasteiger partial charge in [0.25, 0.3) is 0 Å². The third-order valence-corrected chi connectivity index (χ3v) is 5.05. The van der Waals surface area contributed by atoms with Crippen LogP contribution in [0.4, 0.5) is 17.3 Å². The maximum Gasteiger partial charge on any atom is 0.224 e. The van der Waals surface area contributed by atoms with Crippen LogP contribution in [0.1, 0.15) is 0 Å². The van der Waals surface area contributed by atoms with Crippen LogP contribution < -0.4 is 25.0 Å². The molecule has 2 aromatic heterocycles. The van der Waals surface area contributed by atoms with Crippen LogP contribution in [0.2, 0.25) is 5.28 Å². The molecule has 0 radical (unpaired) electrons. The van der Waals surface area contributed by atoms with Crippen LogP contribution in [0.3, 0.4) is 0 Å². The van der Waals surface area contributed by atoms with Crippen molar-refractivity contribution in [2.45, 2.75) is 0 Å². The van der Waals surface area contributed by atoms with Gasteiger partial charge in [-0.25, -0.2) is 15.0 Å². The molecule has 0 amide bonds. The molecule has 0 atom stereocenters. The lowest BCUT2D eigenvalue weighted by Gasteiger charge is -2.36. The van der Waals surface area contributed by atoms with Crippen molar-refractivity contribution in [1.82, 2.24) is 15.0 Å². The molecule has 0 unspecified atom stereocenters. The number of hydrogen-bond donors (Lipinski definition) is 1. The number of nitrogens with two attached hydrogens (primary N) is 1. The summed E-state index contributed by atoms with van der Waals surface area (Å²) in [6.07, 6.45) is 1.67. The highest BCUT2D eigenvalue weighted by atomic mass is 35.5. The number of hydrogen-bond acceptors (Lipinski definition) is 8. The highest BCUT2D eigenvalue weighted by molar-refractivity contribution is 6.28. The molecule has 0 bridgehead atoms. The molecule has 1 aliphatic heterocycles. The minimum atomic E-state index is 0. The van der Waals surface area contributed by atoms with Crippen LogP contribution >= 0.6 is 11.6 Å². The van der Waals surface area contributed by atoms with E-state index in [4.69, 9.17) is 31.8 Å². The van der Waals surface area contributed by atoms with Crippen molar-refractivity contribution in [1.29, 1.82) is 0 Å². The van der Waals surface area contributed by atoms with Crippen LogP contribution in [0.25, 0.3) is 10.9 Å². The summed E-state index contributed by atoms with van der Waals surface area (Å²) < 4.78 is 10.8. The first-order valence-electron chi connectivity index (χ1n) is 8.89. The van der Waals surface area contributed by atoms with E-state index >= 15 is 0 Å². The summed E-state index contributed by atoms with van der Waals surface area (Å²) in [7, 11) is 3.21. The number of nitrogen functional groups attached to an aromatic ring is 1. The van der Waals surface area contributed by atoms with Crippen molar-refractivity contribution in [3.05, 3.63) is 35.7 Å². The number of pyridine rings is 1. The zero-order chi connectivity index (χ0) is 19.7. The zero-order valence-electron chi connectivity index (χ0n) is 16.2. The van der Waals surface area contributed by atoms with E-state index in [0.717, 1.165) is 48.7 Å². The molecular formula is C19H23ClN6O3. The van der Waals surface area contributed by atoms with Gasteiger partial charge in [0.05, 0.1) is 19.7 Å². The molecule has 0 aliphatic carbocycles. The van der Waals surface area contributed by atoms with E-state index in [9.17, 15) is 0 Å². The summed E-state index contributed by atoms with van der Waals surface area (Å²) in [5, 5.41) is 1.10. The first-order valence-corrected chi connectivity index (χ1v) is 9.27. The second-order valence-electron chi connectivity index (χ2n) is 6.45. The average molecular weight is 419 g/mol. The molecule has 0 spiro atoms. The number of anilines is 3. The van der Waals surface area contributed by atoms with Gasteiger partial charge in [0, 0.05) is 55.6 Å². The molecule has 29 heavy (non-hydrogen) atoms. The Hall–Kier alpha value is -3.04. The van der Waals surface area contributed by atoms with Gasteiger partial charge >= 0.3 is 0 Å². The minimum Gasteiger partial charge on any atom is -0.493 e. The van der Waals surface area contributed by atoms with Gasteiger partial charge in [0.2, 0.25) is 5.28 Å². The minimum absolute atomic E-state index is 0. The number of ether oxygens (including phenoxy) is 2. The van der Waals surface area contributed by atoms with Crippen LogP contribution in [-0.4, -0.2) is 60.8 Å². The lowest BCUT2D eigenvalue weighted by atomic mass is 10.1. The Bertz CT molecular complexity index is 1010. The molecule has 3 heterocycles. The van der Waals surface area contributed by atoms with Gasteiger partial charge in [-0.1, -0.05) is 0 Å². The van der Waals surface area contributed by atoms with E-state index in [1.165, 1.54) is 0 Å². The van der Waals surface area contributed by atoms with E-state index < -0.39 is 0 Å². The topological polar surface area (TPSA) is 121 Å². The van der Waals surface area contributed by atoms with Crippen LogP contribution in [0.5, 0.6) is 11.5 Å². The number of nitrogens with zero attached hydrogens (tertiary/aromatic N) is 5. The van der Waals surface area contributed by atoms with E-state index in [-0.39, 0.29) is 10.8 Å². The molecule has 1 fully saturated rings. The summed E-state index contributed by atoms with van der Waals surface area (Å²) in [6, 6.07) is 7.49. The number of halogens is 1. The Kier molecular flexibility index (Phi) is 6.09. The van der Waals surface area contributed by atoms with Crippen LogP contribution in [0, 0.1) is 0 Å². The zero-order valence-corrected chi connectivity index (χ0v) is 17.0. The summed E-state index contributed by atoms with van der Waals surface area (Å²) in [4.78, 5) is 17.4. The van der Waals surface area contributed by atoms with Crippen molar-refractivity contribution in [2.75, 3.05) is 55.9 Å². The Morgan fingerprint density at radius 3 is 2.17 bits per heavy atom. The Morgan fingerprint density at radius 1 is 0.931 bits per heavy atom. The summed E-state index contributed by atoms with van der Waals surface area (Å²) in [6.45, 7) is 3.21. The number of piperazine rings is 1. The van der Waals surface area contributed by atoms with Gasteiger partial charge in [-0.05, 0) is 23.7 Å². The molecule has 0 saturated carbocycles. The van der Waals surface area contributed by atoms with Crippen LogP contribution in [0.15, 0.2) is 30.5 Å².